The molecule has 0 aromatic carbocycles. The molecule has 1 aliphatic rings. The fourth-order valence-corrected chi connectivity index (χ4v) is 2.74. The van der Waals surface area contributed by atoms with Gasteiger partial charge in [-0.25, -0.2) is 9.78 Å². The van der Waals surface area contributed by atoms with Crippen LogP contribution in [0.5, 0.6) is 0 Å². The Morgan fingerprint density at radius 3 is 3.00 bits per heavy atom. The van der Waals surface area contributed by atoms with Gasteiger partial charge < -0.3 is 9.88 Å². The Morgan fingerprint density at radius 1 is 1.26 bits per heavy atom. The third kappa shape index (κ3) is 4.19. The van der Waals surface area contributed by atoms with Crippen LogP contribution >= 0.6 is 11.6 Å². The van der Waals surface area contributed by atoms with Crippen LogP contribution < -0.4 is 10.6 Å². The minimum Gasteiger partial charge on any atom is -0.337 e. The molecule has 0 aliphatic carbocycles. The van der Waals surface area contributed by atoms with Gasteiger partial charge in [-0.15, -0.1) is 10.2 Å². The fraction of sp³-hybridized carbons (Fsp3) is 0.467. The highest BCUT2D eigenvalue weighted by Gasteiger charge is 2.14. The standard InChI is InChI=1S/C15H19ClN6O/c16-11-5-6-12(18-10-11)19-15(23)17-8-7-14-21-20-13-4-2-1-3-9-22(13)14/h5-6,10H,1-4,7-9H2,(H2,17,18,19,23). The van der Waals surface area contributed by atoms with E-state index < -0.39 is 0 Å². The second kappa shape index (κ2) is 7.41. The zero-order valence-corrected chi connectivity index (χ0v) is 13.5. The molecule has 2 amide bonds. The highest BCUT2D eigenvalue weighted by atomic mass is 35.5. The second-order valence-corrected chi connectivity index (χ2v) is 5.92. The first-order valence-corrected chi connectivity index (χ1v) is 8.17. The van der Waals surface area contributed by atoms with Crippen molar-refractivity contribution in [1.29, 1.82) is 0 Å². The van der Waals surface area contributed by atoms with Gasteiger partial charge in [0.2, 0.25) is 0 Å². The molecule has 0 saturated heterocycles. The number of hydrogen-bond acceptors (Lipinski definition) is 4. The number of fused-ring (bicyclic) bond motifs is 1. The molecule has 0 radical (unpaired) electrons. The first kappa shape index (κ1) is 15.7. The maximum absolute atomic E-state index is 11.8. The van der Waals surface area contributed by atoms with Crippen LogP contribution in [0.1, 0.15) is 30.9 Å². The van der Waals surface area contributed by atoms with Gasteiger partial charge in [0.05, 0.1) is 5.02 Å². The fourth-order valence-electron chi connectivity index (χ4n) is 2.63. The number of urea groups is 1. The van der Waals surface area contributed by atoms with Crippen LogP contribution in [0.15, 0.2) is 18.3 Å². The van der Waals surface area contributed by atoms with Gasteiger partial charge in [0, 0.05) is 32.1 Å². The highest BCUT2D eigenvalue weighted by Crippen LogP contribution is 2.14. The number of anilines is 1. The zero-order valence-electron chi connectivity index (χ0n) is 12.8. The number of carbonyl (C=O) groups is 1. The Labute approximate surface area is 139 Å². The van der Waals surface area contributed by atoms with Gasteiger partial charge in [-0.2, -0.15) is 0 Å². The van der Waals surface area contributed by atoms with Crippen LogP contribution in [-0.2, 0) is 19.4 Å². The van der Waals surface area contributed by atoms with Crippen molar-refractivity contribution < 1.29 is 4.79 Å². The topological polar surface area (TPSA) is 84.7 Å². The first-order valence-electron chi connectivity index (χ1n) is 7.80. The molecule has 2 N–H and O–H groups in total. The van der Waals surface area contributed by atoms with Crippen molar-refractivity contribution in [2.75, 3.05) is 11.9 Å². The molecule has 0 saturated carbocycles. The number of amides is 2. The number of pyridine rings is 1. The third-order valence-electron chi connectivity index (χ3n) is 3.79. The summed E-state index contributed by atoms with van der Waals surface area (Å²) in [6.07, 6.45) is 6.71. The van der Waals surface area contributed by atoms with Crippen molar-refractivity contribution in [3.8, 4) is 0 Å². The minimum atomic E-state index is -0.296. The molecule has 0 bridgehead atoms. The molecule has 122 valence electrons. The van der Waals surface area contributed by atoms with Crippen LogP contribution in [0.4, 0.5) is 10.6 Å². The molecule has 3 rings (SSSR count). The van der Waals surface area contributed by atoms with Gasteiger partial charge in [0.1, 0.15) is 17.5 Å². The van der Waals surface area contributed by atoms with E-state index in [9.17, 15) is 4.79 Å². The van der Waals surface area contributed by atoms with Gasteiger partial charge in [-0.1, -0.05) is 18.0 Å². The Hall–Kier alpha value is -2.15. The average Bonchev–Trinajstić information content (AvgIpc) is 2.78. The summed E-state index contributed by atoms with van der Waals surface area (Å²) in [5.41, 5.74) is 0. The van der Waals surface area contributed by atoms with E-state index >= 15 is 0 Å². The smallest absolute Gasteiger partial charge is 0.320 e. The quantitative estimate of drug-likeness (QED) is 0.899. The zero-order chi connectivity index (χ0) is 16.1. The van der Waals surface area contributed by atoms with Gasteiger partial charge in [-0.05, 0) is 25.0 Å². The molecule has 2 aromatic rings. The summed E-state index contributed by atoms with van der Waals surface area (Å²) in [5.74, 6) is 2.46. The monoisotopic (exact) mass is 334 g/mol. The summed E-state index contributed by atoms with van der Waals surface area (Å²) >= 11 is 5.75. The number of aromatic nitrogens is 4. The SMILES string of the molecule is O=C(NCCc1nnc2n1CCCCC2)Nc1ccc(Cl)cn1. The lowest BCUT2D eigenvalue weighted by atomic mass is 10.2. The Kier molecular flexibility index (Phi) is 5.07. The van der Waals surface area contributed by atoms with Crippen molar-refractivity contribution in [3.63, 3.8) is 0 Å². The molecule has 2 aromatic heterocycles. The minimum absolute atomic E-state index is 0.296. The second-order valence-electron chi connectivity index (χ2n) is 5.49. The Bertz CT molecular complexity index is 669. The van der Waals surface area contributed by atoms with Crippen LogP contribution in [0.25, 0.3) is 0 Å². The lowest BCUT2D eigenvalue weighted by molar-refractivity contribution is 0.252. The number of aryl methyl sites for hydroxylation is 1. The Balaban J connectivity index is 1.48. The summed E-state index contributed by atoms with van der Waals surface area (Å²) in [6.45, 7) is 1.47. The number of rotatable bonds is 4. The molecule has 0 spiro atoms. The van der Waals surface area contributed by atoms with Crippen molar-refractivity contribution in [1.82, 2.24) is 25.1 Å². The van der Waals surface area contributed by atoms with Crippen LogP contribution in [-0.4, -0.2) is 32.3 Å². The molecule has 0 fully saturated rings. The van der Waals surface area contributed by atoms with Crippen molar-refractivity contribution in [2.45, 2.75) is 38.6 Å². The number of hydrogen-bond donors (Lipinski definition) is 2. The van der Waals surface area contributed by atoms with Crippen LogP contribution in [0.2, 0.25) is 5.02 Å². The summed E-state index contributed by atoms with van der Waals surface area (Å²) in [6, 6.07) is 3.03. The summed E-state index contributed by atoms with van der Waals surface area (Å²) < 4.78 is 2.19. The maximum atomic E-state index is 11.8. The van der Waals surface area contributed by atoms with E-state index in [2.05, 4.69) is 30.4 Å². The lowest BCUT2D eigenvalue weighted by Crippen LogP contribution is -2.31. The average molecular weight is 335 g/mol. The third-order valence-corrected chi connectivity index (χ3v) is 4.01. The van der Waals surface area contributed by atoms with E-state index in [4.69, 9.17) is 11.6 Å². The molecule has 7 nitrogen and oxygen atoms in total. The first-order chi connectivity index (χ1) is 11.2. The summed E-state index contributed by atoms with van der Waals surface area (Å²) in [5, 5.41) is 14.5. The molecular weight excluding hydrogens is 316 g/mol. The number of nitrogens with zero attached hydrogens (tertiary/aromatic N) is 4. The predicted molar refractivity (Wildman–Crippen MR) is 87.5 cm³/mol. The molecule has 8 heteroatoms. The Morgan fingerprint density at radius 2 is 2.17 bits per heavy atom. The molecular formula is C15H19ClN6O. The largest absolute Gasteiger partial charge is 0.337 e. The van der Waals surface area contributed by atoms with Gasteiger partial charge in [-0.3, -0.25) is 5.32 Å². The molecule has 0 atom stereocenters. The molecule has 0 unspecified atom stereocenters. The van der Waals surface area contributed by atoms with Gasteiger partial charge >= 0.3 is 6.03 Å². The molecule has 1 aliphatic heterocycles. The van der Waals surface area contributed by atoms with Gasteiger partial charge in [0.15, 0.2) is 0 Å². The van der Waals surface area contributed by atoms with Crippen molar-refractivity contribution in [2.24, 2.45) is 0 Å². The number of nitrogens with one attached hydrogen (secondary N) is 2. The van der Waals surface area contributed by atoms with E-state index in [0.29, 0.717) is 23.8 Å². The molecule has 3 heterocycles. The van der Waals surface area contributed by atoms with E-state index in [0.717, 1.165) is 31.0 Å². The lowest BCUT2D eigenvalue weighted by Gasteiger charge is -2.08. The van der Waals surface area contributed by atoms with Crippen molar-refractivity contribution in [3.05, 3.63) is 35.0 Å². The van der Waals surface area contributed by atoms with Crippen LogP contribution in [0, 0.1) is 0 Å². The van der Waals surface area contributed by atoms with E-state index in [1.165, 1.54) is 19.0 Å². The molecule has 23 heavy (non-hydrogen) atoms. The summed E-state index contributed by atoms with van der Waals surface area (Å²) in [7, 11) is 0. The van der Waals surface area contributed by atoms with E-state index in [-0.39, 0.29) is 6.03 Å². The van der Waals surface area contributed by atoms with Crippen LogP contribution in [0.3, 0.4) is 0 Å². The van der Waals surface area contributed by atoms with Gasteiger partial charge in [0.25, 0.3) is 0 Å². The van der Waals surface area contributed by atoms with E-state index in [1.807, 2.05) is 0 Å². The van der Waals surface area contributed by atoms with Crippen molar-refractivity contribution >= 4 is 23.4 Å². The highest BCUT2D eigenvalue weighted by molar-refractivity contribution is 6.30. The predicted octanol–water partition coefficient (Wildman–Crippen LogP) is 2.42. The normalized spacial score (nSPS) is 14.0. The number of carbonyl (C=O) groups excluding carboxylic acids is 1. The summed E-state index contributed by atoms with van der Waals surface area (Å²) in [4.78, 5) is 15.8. The van der Waals surface area contributed by atoms with E-state index in [1.54, 1.807) is 12.1 Å². The maximum Gasteiger partial charge on any atom is 0.320 e. The number of halogens is 1.